The van der Waals surface area contributed by atoms with Crippen molar-refractivity contribution in [3.8, 4) is 0 Å². The van der Waals surface area contributed by atoms with E-state index in [0.717, 1.165) is 19.0 Å². The normalized spacial score (nSPS) is 36.2. The molecule has 3 rings (SSSR count). The van der Waals surface area contributed by atoms with E-state index in [1.807, 2.05) is 6.26 Å². The average molecular weight is 191 g/mol. The maximum atomic E-state index is 5.72. The molecule has 14 heavy (non-hydrogen) atoms. The molecule has 2 nitrogen and oxygen atoms in total. The Kier molecular flexibility index (Phi) is 1.75. The highest BCUT2D eigenvalue weighted by Gasteiger charge is 2.46. The molecule has 2 unspecified atom stereocenters. The molecule has 1 aromatic heterocycles. The minimum absolute atomic E-state index is 0.317. The minimum Gasteiger partial charge on any atom is -0.468 e. The Bertz CT molecular complexity index is 336. The van der Waals surface area contributed by atoms with Gasteiger partial charge in [-0.25, -0.2) is 0 Å². The maximum Gasteiger partial charge on any atom is 0.114 e. The van der Waals surface area contributed by atoms with Gasteiger partial charge in [-0.1, -0.05) is 6.92 Å². The minimum atomic E-state index is 0.317. The third-order valence-corrected chi connectivity index (χ3v) is 4.18. The van der Waals surface area contributed by atoms with E-state index >= 15 is 0 Å². The highest BCUT2D eigenvalue weighted by molar-refractivity contribution is 5.31. The fraction of sp³-hybridized carbons (Fsp3) is 0.667. The molecule has 1 fully saturated rings. The molecule has 2 atom stereocenters. The Morgan fingerprint density at radius 1 is 1.57 bits per heavy atom. The zero-order valence-corrected chi connectivity index (χ0v) is 8.68. The number of hydrogen-bond donors (Lipinski definition) is 1. The molecule has 0 aromatic carbocycles. The predicted molar refractivity (Wildman–Crippen MR) is 55.4 cm³/mol. The summed E-state index contributed by atoms with van der Waals surface area (Å²) in [5.74, 6) is 2.04. The topological polar surface area (TPSA) is 25.2 Å². The second-order valence-corrected chi connectivity index (χ2v) is 4.80. The van der Waals surface area contributed by atoms with Gasteiger partial charge in [0.1, 0.15) is 5.76 Å². The van der Waals surface area contributed by atoms with Crippen LogP contribution < -0.4 is 5.32 Å². The lowest BCUT2D eigenvalue weighted by molar-refractivity contribution is 0.226. The summed E-state index contributed by atoms with van der Waals surface area (Å²) in [6.07, 6.45) is 5.63. The Morgan fingerprint density at radius 2 is 2.50 bits per heavy atom. The van der Waals surface area contributed by atoms with E-state index in [2.05, 4.69) is 18.3 Å². The van der Waals surface area contributed by atoms with Crippen LogP contribution in [0.25, 0.3) is 0 Å². The monoisotopic (exact) mass is 191 g/mol. The molecule has 0 amide bonds. The number of hydrogen-bond acceptors (Lipinski definition) is 2. The molecule has 2 heterocycles. The molecule has 0 saturated carbocycles. The SMILES string of the molecule is CC1CCc2ccoc2C12CCNC2. The van der Waals surface area contributed by atoms with Crippen molar-refractivity contribution in [2.45, 2.75) is 31.6 Å². The van der Waals surface area contributed by atoms with Crippen LogP contribution in [0.15, 0.2) is 16.7 Å². The van der Waals surface area contributed by atoms with Crippen molar-refractivity contribution >= 4 is 0 Å². The van der Waals surface area contributed by atoms with E-state index in [0.29, 0.717) is 5.41 Å². The van der Waals surface area contributed by atoms with Gasteiger partial charge in [-0.2, -0.15) is 0 Å². The first-order chi connectivity index (χ1) is 6.83. The molecule has 1 aromatic rings. The van der Waals surface area contributed by atoms with Crippen LogP contribution in [0.5, 0.6) is 0 Å². The Labute approximate surface area is 84.7 Å². The summed E-state index contributed by atoms with van der Waals surface area (Å²) in [4.78, 5) is 0. The summed E-state index contributed by atoms with van der Waals surface area (Å²) in [6.45, 7) is 4.62. The fourth-order valence-electron chi connectivity index (χ4n) is 3.17. The van der Waals surface area contributed by atoms with E-state index in [-0.39, 0.29) is 0 Å². The van der Waals surface area contributed by atoms with Crippen LogP contribution in [0.2, 0.25) is 0 Å². The smallest absolute Gasteiger partial charge is 0.114 e. The lowest BCUT2D eigenvalue weighted by atomic mass is 9.67. The van der Waals surface area contributed by atoms with Crippen LogP contribution in [0.3, 0.4) is 0 Å². The molecule has 1 saturated heterocycles. The first kappa shape index (κ1) is 8.54. The van der Waals surface area contributed by atoms with Gasteiger partial charge in [0, 0.05) is 12.0 Å². The van der Waals surface area contributed by atoms with Gasteiger partial charge in [-0.05, 0) is 43.4 Å². The summed E-state index contributed by atoms with van der Waals surface area (Å²) in [7, 11) is 0. The molecular formula is C12H17NO. The highest BCUT2D eigenvalue weighted by Crippen LogP contribution is 2.45. The van der Waals surface area contributed by atoms with Gasteiger partial charge in [0.05, 0.1) is 6.26 Å². The van der Waals surface area contributed by atoms with Gasteiger partial charge in [0.25, 0.3) is 0 Å². The molecule has 1 aliphatic heterocycles. The predicted octanol–water partition coefficient (Wildman–Crippen LogP) is 2.09. The quantitative estimate of drug-likeness (QED) is 0.679. The van der Waals surface area contributed by atoms with Gasteiger partial charge in [-0.3, -0.25) is 0 Å². The average Bonchev–Trinajstić information content (AvgIpc) is 2.82. The second kappa shape index (κ2) is 2.86. The number of rotatable bonds is 0. The van der Waals surface area contributed by atoms with E-state index in [4.69, 9.17) is 4.42 Å². The van der Waals surface area contributed by atoms with Gasteiger partial charge >= 0.3 is 0 Å². The Morgan fingerprint density at radius 3 is 3.29 bits per heavy atom. The lowest BCUT2D eigenvalue weighted by Crippen LogP contribution is -2.39. The second-order valence-electron chi connectivity index (χ2n) is 4.80. The maximum absolute atomic E-state index is 5.72. The third kappa shape index (κ3) is 0.949. The molecule has 76 valence electrons. The molecule has 2 heteroatoms. The molecule has 0 radical (unpaired) electrons. The van der Waals surface area contributed by atoms with E-state index in [1.54, 1.807) is 0 Å². The summed E-state index contributed by atoms with van der Waals surface area (Å²) in [5.41, 5.74) is 1.77. The van der Waals surface area contributed by atoms with Crippen LogP contribution in [-0.4, -0.2) is 13.1 Å². The Balaban J connectivity index is 2.11. The molecule has 2 aliphatic rings. The standard InChI is InChI=1S/C12H17NO/c1-9-2-3-10-4-7-14-11(10)12(9)5-6-13-8-12/h4,7,9,13H,2-3,5-6,8H2,1H3. The van der Waals surface area contributed by atoms with Crippen LogP contribution in [-0.2, 0) is 11.8 Å². The lowest BCUT2D eigenvalue weighted by Gasteiger charge is -2.37. The van der Waals surface area contributed by atoms with Gasteiger partial charge in [0.15, 0.2) is 0 Å². The molecule has 1 aliphatic carbocycles. The molecule has 1 N–H and O–H groups in total. The fourth-order valence-corrected chi connectivity index (χ4v) is 3.17. The first-order valence-electron chi connectivity index (χ1n) is 5.60. The zero-order chi connectivity index (χ0) is 9.60. The Hall–Kier alpha value is -0.760. The van der Waals surface area contributed by atoms with Gasteiger partial charge < -0.3 is 9.73 Å². The van der Waals surface area contributed by atoms with Crippen molar-refractivity contribution in [1.82, 2.24) is 5.32 Å². The van der Waals surface area contributed by atoms with Crippen molar-refractivity contribution in [1.29, 1.82) is 0 Å². The first-order valence-corrected chi connectivity index (χ1v) is 5.60. The van der Waals surface area contributed by atoms with Crippen molar-refractivity contribution in [3.63, 3.8) is 0 Å². The molecule has 1 spiro atoms. The van der Waals surface area contributed by atoms with E-state index < -0.39 is 0 Å². The number of aryl methyl sites for hydroxylation is 1. The summed E-state index contributed by atoms with van der Waals surface area (Å²) < 4.78 is 5.72. The number of furan rings is 1. The third-order valence-electron chi connectivity index (χ3n) is 4.18. The van der Waals surface area contributed by atoms with Crippen LogP contribution in [0.4, 0.5) is 0 Å². The highest BCUT2D eigenvalue weighted by atomic mass is 16.3. The largest absolute Gasteiger partial charge is 0.468 e. The van der Waals surface area contributed by atoms with Crippen molar-refractivity contribution in [3.05, 3.63) is 23.7 Å². The van der Waals surface area contributed by atoms with Crippen LogP contribution in [0, 0.1) is 5.92 Å². The van der Waals surface area contributed by atoms with Crippen LogP contribution >= 0.6 is 0 Å². The van der Waals surface area contributed by atoms with Gasteiger partial charge in [-0.15, -0.1) is 0 Å². The van der Waals surface area contributed by atoms with Crippen molar-refractivity contribution in [2.75, 3.05) is 13.1 Å². The molecular weight excluding hydrogens is 174 g/mol. The number of nitrogens with one attached hydrogen (secondary N) is 1. The van der Waals surface area contributed by atoms with Gasteiger partial charge in [0.2, 0.25) is 0 Å². The summed E-state index contributed by atoms with van der Waals surface area (Å²) >= 11 is 0. The van der Waals surface area contributed by atoms with Crippen molar-refractivity contribution < 1.29 is 4.42 Å². The van der Waals surface area contributed by atoms with E-state index in [1.165, 1.54) is 30.6 Å². The summed E-state index contributed by atoms with van der Waals surface area (Å²) in [6, 6.07) is 2.15. The van der Waals surface area contributed by atoms with Crippen LogP contribution in [0.1, 0.15) is 31.1 Å². The van der Waals surface area contributed by atoms with Crippen molar-refractivity contribution in [2.24, 2.45) is 5.92 Å². The van der Waals surface area contributed by atoms with E-state index in [9.17, 15) is 0 Å². The summed E-state index contributed by atoms with van der Waals surface area (Å²) in [5, 5.41) is 3.48. The number of fused-ring (bicyclic) bond motifs is 2. The molecule has 0 bridgehead atoms. The zero-order valence-electron chi connectivity index (χ0n) is 8.68.